The van der Waals surface area contributed by atoms with Crippen molar-refractivity contribution in [3.05, 3.63) is 46.7 Å². The third-order valence-corrected chi connectivity index (χ3v) is 2.67. The van der Waals surface area contributed by atoms with Crippen LogP contribution in [0.3, 0.4) is 0 Å². The lowest BCUT2D eigenvalue weighted by atomic mass is 10.2. The topological polar surface area (TPSA) is 118 Å². The molecule has 2 N–H and O–H groups in total. The zero-order valence-corrected chi connectivity index (χ0v) is 9.98. The highest BCUT2D eigenvalue weighted by Gasteiger charge is 2.17. The summed E-state index contributed by atoms with van der Waals surface area (Å²) in [5.41, 5.74) is 0.0235. The van der Waals surface area contributed by atoms with Crippen molar-refractivity contribution in [2.24, 2.45) is 0 Å². The Morgan fingerprint density at radius 3 is 2.90 bits per heavy atom. The van der Waals surface area contributed by atoms with Crippen LogP contribution in [0.2, 0.25) is 0 Å². The number of aromatic amines is 1. The van der Waals surface area contributed by atoms with E-state index in [1.54, 1.807) is 12.1 Å². The van der Waals surface area contributed by atoms with E-state index in [0.717, 1.165) is 0 Å². The molecule has 0 amide bonds. The molecule has 2 heterocycles. The number of aromatic hydroxyl groups is 1. The van der Waals surface area contributed by atoms with Crippen molar-refractivity contribution in [3.63, 3.8) is 0 Å². The largest absolute Gasteiger partial charge is 0.502 e. The Hall–Kier alpha value is -3.16. The Morgan fingerprint density at radius 1 is 1.35 bits per heavy atom. The van der Waals surface area contributed by atoms with Gasteiger partial charge in [-0.25, -0.2) is 4.98 Å². The third-order valence-electron chi connectivity index (χ3n) is 2.67. The van der Waals surface area contributed by atoms with Crippen LogP contribution in [0, 0.1) is 10.1 Å². The summed E-state index contributed by atoms with van der Waals surface area (Å²) >= 11 is 0. The maximum absolute atomic E-state index is 10.8. The predicted octanol–water partition coefficient (Wildman–Crippen LogP) is 2.35. The van der Waals surface area contributed by atoms with E-state index in [-0.39, 0.29) is 5.82 Å². The number of nitrogens with zero attached hydrogens (tertiary/aromatic N) is 3. The van der Waals surface area contributed by atoms with Crippen LogP contribution in [-0.2, 0) is 0 Å². The summed E-state index contributed by atoms with van der Waals surface area (Å²) in [5.74, 6) is 0.804. The summed E-state index contributed by atoms with van der Waals surface area (Å²) in [5, 5.41) is 26.8. The minimum absolute atomic E-state index is 0.277. The van der Waals surface area contributed by atoms with Gasteiger partial charge in [-0.15, -0.1) is 0 Å². The lowest BCUT2D eigenvalue weighted by molar-refractivity contribution is -0.385. The number of nitro benzene ring substituents is 1. The zero-order chi connectivity index (χ0) is 14.1. The number of nitrogens with one attached hydrogen (secondary N) is 1. The molecule has 0 saturated carbocycles. The number of hydrogen-bond acceptors (Lipinski definition) is 6. The predicted molar refractivity (Wildman–Crippen MR) is 67.8 cm³/mol. The molecule has 3 rings (SSSR count). The second-order valence-electron chi connectivity index (χ2n) is 3.95. The zero-order valence-electron chi connectivity index (χ0n) is 9.98. The maximum atomic E-state index is 10.8. The van der Waals surface area contributed by atoms with Gasteiger partial charge in [0.05, 0.1) is 11.2 Å². The highest BCUT2D eigenvalue weighted by atomic mass is 16.6. The summed E-state index contributed by atoms with van der Waals surface area (Å²) in [4.78, 5) is 14.3. The van der Waals surface area contributed by atoms with Gasteiger partial charge in [-0.05, 0) is 24.3 Å². The van der Waals surface area contributed by atoms with E-state index in [4.69, 9.17) is 4.42 Å². The maximum Gasteiger partial charge on any atom is 0.311 e. The normalized spacial score (nSPS) is 10.6. The van der Waals surface area contributed by atoms with E-state index in [0.29, 0.717) is 17.1 Å². The summed E-state index contributed by atoms with van der Waals surface area (Å²) < 4.78 is 5.17. The van der Waals surface area contributed by atoms with Crippen molar-refractivity contribution in [3.8, 4) is 28.7 Å². The fourth-order valence-electron chi connectivity index (χ4n) is 1.72. The molecule has 0 aliphatic carbocycles. The molecule has 0 saturated heterocycles. The van der Waals surface area contributed by atoms with Crippen LogP contribution in [0.15, 0.2) is 41.0 Å². The van der Waals surface area contributed by atoms with E-state index < -0.39 is 16.4 Å². The molecular weight excluding hydrogens is 264 g/mol. The van der Waals surface area contributed by atoms with Crippen molar-refractivity contribution < 1.29 is 14.4 Å². The number of H-pyrrole nitrogens is 1. The quantitative estimate of drug-likeness (QED) is 0.558. The highest BCUT2D eigenvalue weighted by molar-refractivity contribution is 5.64. The monoisotopic (exact) mass is 272 g/mol. The molecule has 0 spiro atoms. The minimum Gasteiger partial charge on any atom is -0.502 e. The SMILES string of the molecule is O=[N+]([O-])c1cc(-c2n[nH]c(-c3ccco3)n2)ccc1O. The molecule has 100 valence electrons. The molecular formula is C12H8N4O4. The molecule has 2 aromatic heterocycles. The van der Waals surface area contributed by atoms with Crippen molar-refractivity contribution in [1.29, 1.82) is 0 Å². The number of benzene rings is 1. The average molecular weight is 272 g/mol. The first-order valence-corrected chi connectivity index (χ1v) is 5.59. The molecule has 0 aliphatic rings. The number of phenolic OH excluding ortho intramolecular Hbond substituents is 1. The number of nitro groups is 1. The second-order valence-corrected chi connectivity index (χ2v) is 3.95. The van der Waals surface area contributed by atoms with E-state index in [9.17, 15) is 15.2 Å². The molecule has 8 nitrogen and oxygen atoms in total. The van der Waals surface area contributed by atoms with Crippen molar-refractivity contribution in [2.45, 2.75) is 0 Å². The summed E-state index contributed by atoms with van der Waals surface area (Å²) in [7, 11) is 0. The molecule has 0 aliphatic heterocycles. The number of hydrogen-bond donors (Lipinski definition) is 2. The Balaban J connectivity index is 2.02. The van der Waals surface area contributed by atoms with Crippen LogP contribution in [0.5, 0.6) is 5.75 Å². The fraction of sp³-hybridized carbons (Fsp3) is 0. The molecule has 0 fully saturated rings. The van der Waals surface area contributed by atoms with Gasteiger partial charge < -0.3 is 9.52 Å². The third kappa shape index (κ3) is 1.99. The first kappa shape index (κ1) is 11.9. The van der Waals surface area contributed by atoms with Crippen LogP contribution in [0.4, 0.5) is 5.69 Å². The summed E-state index contributed by atoms with van der Waals surface area (Å²) in [6.45, 7) is 0. The number of aromatic nitrogens is 3. The first-order chi connectivity index (χ1) is 9.65. The second kappa shape index (κ2) is 4.50. The molecule has 0 radical (unpaired) electrons. The molecule has 20 heavy (non-hydrogen) atoms. The van der Waals surface area contributed by atoms with Gasteiger partial charge >= 0.3 is 5.69 Å². The van der Waals surface area contributed by atoms with Gasteiger partial charge in [0, 0.05) is 11.6 Å². The molecule has 3 aromatic rings. The molecule has 0 bridgehead atoms. The van der Waals surface area contributed by atoms with Gasteiger partial charge in [0.25, 0.3) is 0 Å². The van der Waals surface area contributed by atoms with Gasteiger partial charge in [0.15, 0.2) is 23.2 Å². The van der Waals surface area contributed by atoms with Crippen LogP contribution >= 0.6 is 0 Å². The van der Waals surface area contributed by atoms with Crippen molar-refractivity contribution in [1.82, 2.24) is 15.2 Å². The van der Waals surface area contributed by atoms with E-state index in [1.165, 1.54) is 24.5 Å². The van der Waals surface area contributed by atoms with Gasteiger partial charge in [0.1, 0.15) is 0 Å². The number of phenols is 1. The molecule has 8 heteroatoms. The fourth-order valence-corrected chi connectivity index (χ4v) is 1.72. The van der Waals surface area contributed by atoms with Gasteiger partial charge in [-0.3, -0.25) is 15.2 Å². The Bertz CT molecular complexity index is 764. The number of furan rings is 1. The Kier molecular flexibility index (Phi) is 2.68. The average Bonchev–Trinajstić information content (AvgIpc) is 3.09. The Morgan fingerprint density at radius 2 is 2.20 bits per heavy atom. The molecule has 0 unspecified atom stereocenters. The van der Waals surface area contributed by atoms with Gasteiger partial charge in [0.2, 0.25) is 0 Å². The molecule has 0 atom stereocenters. The molecule has 1 aromatic carbocycles. The van der Waals surface area contributed by atoms with Crippen LogP contribution < -0.4 is 0 Å². The van der Waals surface area contributed by atoms with Crippen LogP contribution in [0.25, 0.3) is 23.0 Å². The smallest absolute Gasteiger partial charge is 0.311 e. The van der Waals surface area contributed by atoms with E-state index in [2.05, 4.69) is 15.2 Å². The van der Waals surface area contributed by atoms with E-state index >= 15 is 0 Å². The lowest BCUT2D eigenvalue weighted by Crippen LogP contribution is -1.90. The van der Waals surface area contributed by atoms with Crippen LogP contribution in [0.1, 0.15) is 0 Å². The summed E-state index contributed by atoms with van der Waals surface area (Å²) in [6.07, 6.45) is 1.50. The minimum atomic E-state index is -0.668. The van der Waals surface area contributed by atoms with Gasteiger partial charge in [-0.2, -0.15) is 5.10 Å². The van der Waals surface area contributed by atoms with Gasteiger partial charge in [-0.1, -0.05) is 0 Å². The standard InChI is InChI=1S/C12H8N4O4/c17-9-4-3-7(6-8(9)16(18)19)11-13-12(15-14-11)10-2-1-5-20-10/h1-6,17H,(H,13,14,15). The van der Waals surface area contributed by atoms with Crippen LogP contribution in [-0.4, -0.2) is 25.2 Å². The number of rotatable bonds is 3. The summed E-state index contributed by atoms with van der Waals surface area (Å²) in [6, 6.07) is 7.37. The highest BCUT2D eigenvalue weighted by Crippen LogP contribution is 2.30. The Labute approximate surface area is 111 Å². The van der Waals surface area contributed by atoms with Crippen molar-refractivity contribution >= 4 is 5.69 Å². The van der Waals surface area contributed by atoms with E-state index in [1.807, 2.05) is 0 Å². The van der Waals surface area contributed by atoms with Crippen molar-refractivity contribution in [2.75, 3.05) is 0 Å². The first-order valence-electron chi connectivity index (χ1n) is 5.59. The lowest BCUT2D eigenvalue weighted by Gasteiger charge is -1.98.